The van der Waals surface area contributed by atoms with E-state index in [0.29, 0.717) is 16.1 Å². The first kappa shape index (κ1) is 19.6. The van der Waals surface area contributed by atoms with E-state index in [1.54, 1.807) is 35.1 Å². The van der Waals surface area contributed by atoms with Crippen molar-refractivity contribution in [3.05, 3.63) is 94.6 Å². The fourth-order valence-electron chi connectivity index (χ4n) is 4.49. The highest BCUT2D eigenvalue weighted by Gasteiger charge is 2.35. The smallest absolute Gasteiger partial charge is 0.261 e. The highest BCUT2D eigenvalue weighted by atomic mass is 35.5. The van der Waals surface area contributed by atoms with E-state index in [9.17, 15) is 9.59 Å². The van der Waals surface area contributed by atoms with E-state index in [-0.39, 0.29) is 18.4 Å². The molecule has 0 saturated carbocycles. The van der Waals surface area contributed by atoms with Crippen molar-refractivity contribution in [2.45, 2.75) is 6.54 Å². The molecule has 160 valence electrons. The highest BCUT2D eigenvalue weighted by Crippen LogP contribution is 2.35. The van der Waals surface area contributed by atoms with Crippen LogP contribution in [0.4, 0.5) is 0 Å². The van der Waals surface area contributed by atoms with Crippen LogP contribution in [-0.2, 0) is 13.6 Å². The number of aryl methyl sites for hydroxylation is 1. The van der Waals surface area contributed by atoms with Crippen LogP contribution < -0.4 is 0 Å². The molecule has 2 aromatic heterocycles. The van der Waals surface area contributed by atoms with Crippen molar-refractivity contribution in [2.75, 3.05) is 0 Å². The minimum Gasteiger partial charge on any atom is -0.270 e. The van der Waals surface area contributed by atoms with Gasteiger partial charge in [-0.15, -0.1) is 0 Å². The van der Waals surface area contributed by atoms with Crippen molar-refractivity contribution in [1.29, 1.82) is 0 Å². The van der Waals surface area contributed by atoms with Gasteiger partial charge < -0.3 is 0 Å². The molecule has 0 fully saturated rings. The molecule has 0 radical (unpaired) electrons. The molecular formula is C26H17ClN4O2. The average Bonchev–Trinajstić information content (AvgIpc) is 3.32. The van der Waals surface area contributed by atoms with E-state index in [0.717, 1.165) is 38.6 Å². The quantitative estimate of drug-likeness (QED) is 0.351. The fourth-order valence-corrected chi connectivity index (χ4v) is 4.86. The molecule has 0 bridgehead atoms. The largest absolute Gasteiger partial charge is 0.270 e. The van der Waals surface area contributed by atoms with Crippen molar-refractivity contribution in [1.82, 2.24) is 19.7 Å². The minimum atomic E-state index is -0.269. The molecule has 0 saturated heterocycles. The Kier molecular flexibility index (Phi) is 4.32. The molecule has 7 heteroatoms. The third-order valence-electron chi connectivity index (χ3n) is 6.14. The summed E-state index contributed by atoms with van der Waals surface area (Å²) in [7, 11) is 1.84. The Morgan fingerprint density at radius 3 is 2.24 bits per heavy atom. The lowest BCUT2D eigenvalue weighted by Gasteiger charge is -2.17. The monoisotopic (exact) mass is 452 g/mol. The van der Waals surface area contributed by atoms with Crippen molar-refractivity contribution in [3.8, 4) is 11.1 Å². The van der Waals surface area contributed by atoms with Crippen LogP contribution in [0, 0.1) is 0 Å². The number of carbonyl (C=O) groups excluding carboxylic acids is 2. The summed E-state index contributed by atoms with van der Waals surface area (Å²) in [5.74, 6) is -0.537. The highest BCUT2D eigenvalue weighted by molar-refractivity contribution is 6.40. The first-order chi connectivity index (χ1) is 16.0. The van der Waals surface area contributed by atoms with Crippen LogP contribution >= 0.6 is 11.6 Å². The van der Waals surface area contributed by atoms with E-state index < -0.39 is 0 Å². The molecule has 5 aromatic rings. The number of hydrogen-bond acceptors (Lipinski definition) is 4. The second kappa shape index (κ2) is 7.25. The second-order valence-corrected chi connectivity index (χ2v) is 8.44. The average molecular weight is 453 g/mol. The maximum atomic E-state index is 12.9. The number of aromatic nitrogens is 3. The van der Waals surface area contributed by atoms with E-state index in [4.69, 9.17) is 11.6 Å². The lowest BCUT2D eigenvalue weighted by atomic mass is 9.97. The molecule has 0 aliphatic carbocycles. The third-order valence-corrected chi connectivity index (χ3v) is 6.52. The SMILES string of the molecule is Cn1ncc2nc3ccc(-c4ccccc4CN4C(=O)c5ccccc5C4=O)cc3c(Cl)c21. The van der Waals surface area contributed by atoms with Crippen molar-refractivity contribution >= 4 is 45.4 Å². The lowest BCUT2D eigenvalue weighted by molar-refractivity contribution is 0.0642. The van der Waals surface area contributed by atoms with Gasteiger partial charge in [0.25, 0.3) is 11.8 Å². The van der Waals surface area contributed by atoms with Crippen LogP contribution in [0.25, 0.3) is 33.1 Å². The fraction of sp³-hybridized carbons (Fsp3) is 0.0769. The normalized spacial score (nSPS) is 13.3. The van der Waals surface area contributed by atoms with Crippen molar-refractivity contribution in [2.24, 2.45) is 7.05 Å². The van der Waals surface area contributed by atoms with Crippen LogP contribution in [0.3, 0.4) is 0 Å². The molecule has 0 unspecified atom stereocenters. The van der Waals surface area contributed by atoms with Crippen LogP contribution in [0.5, 0.6) is 0 Å². The van der Waals surface area contributed by atoms with Crippen LogP contribution in [-0.4, -0.2) is 31.5 Å². The maximum Gasteiger partial charge on any atom is 0.261 e. The summed E-state index contributed by atoms with van der Waals surface area (Å²) in [6, 6.07) is 20.6. The first-order valence-corrected chi connectivity index (χ1v) is 10.8. The Labute approximate surface area is 194 Å². The Hall–Kier alpha value is -4.03. The zero-order valence-corrected chi connectivity index (χ0v) is 18.4. The molecule has 1 aliphatic heterocycles. The van der Waals surface area contributed by atoms with E-state index in [2.05, 4.69) is 10.1 Å². The van der Waals surface area contributed by atoms with Crippen molar-refractivity contribution in [3.63, 3.8) is 0 Å². The molecule has 33 heavy (non-hydrogen) atoms. The predicted molar refractivity (Wildman–Crippen MR) is 127 cm³/mol. The molecule has 0 spiro atoms. The number of benzene rings is 3. The number of halogens is 1. The predicted octanol–water partition coefficient (Wildman–Crippen LogP) is 5.24. The second-order valence-electron chi connectivity index (χ2n) is 8.06. The zero-order chi connectivity index (χ0) is 22.7. The van der Waals surface area contributed by atoms with Gasteiger partial charge in [-0.1, -0.05) is 54.1 Å². The lowest BCUT2D eigenvalue weighted by Crippen LogP contribution is -2.29. The van der Waals surface area contributed by atoms with Gasteiger partial charge in [0.05, 0.1) is 34.4 Å². The maximum absolute atomic E-state index is 12.9. The summed E-state index contributed by atoms with van der Waals surface area (Å²) in [6.07, 6.45) is 1.70. The van der Waals surface area contributed by atoms with Gasteiger partial charge in [0, 0.05) is 12.4 Å². The summed E-state index contributed by atoms with van der Waals surface area (Å²) >= 11 is 6.75. The zero-order valence-electron chi connectivity index (χ0n) is 17.6. The van der Waals surface area contributed by atoms with Crippen LogP contribution in [0.1, 0.15) is 26.3 Å². The van der Waals surface area contributed by atoms with Gasteiger partial charge >= 0.3 is 0 Å². The van der Waals surface area contributed by atoms with Gasteiger partial charge in [0.1, 0.15) is 11.0 Å². The van der Waals surface area contributed by atoms with Gasteiger partial charge in [-0.2, -0.15) is 5.10 Å². The van der Waals surface area contributed by atoms with Gasteiger partial charge in [-0.05, 0) is 41.0 Å². The Balaban J connectivity index is 1.44. The molecule has 3 heterocycles. The number of hydrogen-bond donors (Lipinski definition) is 0. The molecule has 6 rings (SSSR count). The summed E-state index contributed by atoms with van der Waals surface area (Å²) < 4.78 is 1.72. The van der Waals surface area contributed by atoms with E-state index in [1.165, 1.54) is 4.90 Å². The Morgan fingerprint density at radius 2 is 1.52 bits per heavy atom. The number of nitrogens with zero attached hydrogens (tertiary/aromatic N) is 4. The number of pyridine rings is 1. The van der Waals surface area contributed by atoms with Gasteiger partial charge in [0.2, 0.25) is 0 Å². The Bertz CT molecular complexity index is 1590. The van der Waals surface area contributed by atoms with Gasteiger partial charge in [-0.3, -0.25) is 19.2 Å². The number of imide groups is 1. The first-order valence-electron chi connectivity index (χ1n) is 10.5. The summed E-state index contributed by atoms with van der Waals surface area (Å²) in [5.41, 5.74) is 5.93. The van der Waals surface area contributed by atoms with Crippen LogP contribution in [0.2, 0.25) is 5.02 Å². The standard InChI is InChI=1S/C26H17ClN4O2/c1-30-24-22(13-28-30)29-21-11-10-15(12-20(21)23(24)27)17-7-3-2-6-16(17)14-31-25(32)18-8-4-5-9-19(18)26(31)33/h2-13H,14H2,1H3. The number of rotatable bonds is 3. The number of amides is 2. The molecule has 2 amide bonds. The van der Waals surface area contributed by atoms with Gasteiger partial charge in [-0.25, -0.2) is 4.98 Å². The molecule has 3 aromatic carbocycles. The molecule has 0 atom stereocenters. The van der Waals surface area contributed by atoms with E-state index in [1.807, 2.05) is 49.5 Å². The number of fused-ring (bicyclic) bond motifs is 3. The number of carbonyl (C=O) groups is 2. The molecule has 6 nitrogen and oxygen atoms in total. The van der Waals surface area contributed by atoms with Crippen molar-refractivity contribution < 1.29 is 9.59 Å². The Morgan fingerprint density at radius 1 is 0.848 bits per heavy atom. The summed E-state index contributed by atoms with van der Waals surface area (Å²) in [6.45, 7) is 0.188. The molecular weight excluding hydrogens is 436 g/mol. The third kappa shape index (κ3) is 2.95. The summed E-state index contributed by atoms with van der Waals surface area (Å²) in [4.78, 5) is 31.7. The summed E-state index contributed by atoms with van der Waals surface area (Å²) in [5, 5.41) is 5.68. The van der Waals surface area contributed by atoms with Crippen LogP contribution in [0.15, 0.2) is 72.9 Å². The van der Waals surface area contributed by atoms with E-state index >= 15 is 0 Å². The molecule has 0 N–H and O–H groups in total. The van der Waals surface area contributed by atoms with Gasteiger partial charge in [0.15, 0.2) is 0 Å². The minimum absolute atomic E-state index is 0.188. The molecule has 1 aliphatic rings. The topological polar surface area (TPSA) is 68.1 Å².